The molecule has 1 unspecified atom stereocenters. The molecule has 26 heavy (non-hydrogen) atoms. The summed E-state index contributed by atoms with van der Waals surface area (Å²) in [7, 11) is 0. The van der Waals surface area contributed by atoms with E-state index in [1.54, 1.807) is 12.1 Å². The quantitative estimate of drug-likeness (QED) is 0.235. The Morgan fingerprint density at radius 1 is 1.42 bits per heavy atom. The van der Waals surface area contributed by atoms with Crippen LogP contribution in [0.4, 0.5) is 4.39 Å². The van der Waals surface area contributed by atoms with Gasteiger partial charge in [0.25, 0.3) is 0 Å². The van der Waals surface area contributed by atoms with Gasteiger partial charge < -0.3 is 20.1 Å². The summed E-state index contributed by atoms with van der Waals surface area (Å²) < 4.78 is 24.3. The van der Waals surface area contributed by atoms with E-state index in [2.05, 4.69) is 15.6 Å². The van der Waals surface area contributed by atoms with Crippen LogP contribution >= 0.6 is 35.6 Å². The van der Waals surface area contributed by atoms with Gasteiger partial charge in [-0.15, -0.1) is 24.0 Å². The average Bonchev–Trinajstić information content (AvgIpc) is 3.12. The van der Waals surface area contributed by atoms with Gasteiger partial charge >= 0.3 is 0 Å². The third-order valence-electron chi connectivity index (χ3n) is 3.83. The van der Waals surface area contributed by atoms with Crippen molar-refractivity contribution in [2.75, 3.05) is 32.9 Å². The average molecular weight is 500 g/mol. The van der Waals surface area contributed by atoms with E-state index in [4.69, 9.17) is 21.1 Å². The lowest BCUT2D eigenvalue weighted by atomic mass is 10.2. The lowest BCUT2D eigenvalue weighted by molar-refractivity contribution is 0.0168. The first kappa shape index (κ1) is 23.4. The number of halogens is 3. The molecule has 0 bridgehead atoms. The number of rotatable bonds is 9. The van der Waals surface area contributed by atoms with Gasteiger partial charge in [-0.3, -0.25) is 0 Å². The fraction of sp³-hybridized carbons (Fsp3) is 0.611. The number of nitrogens with zero attached hydrogens (tertiary/aromatic N) is 1. The zero-order valence-corrected chi connectivity index (χ0v) is 18.2. The van der Waals surface area contributed by atoms with Gasteiger partial charge in [0.05, 0.1) is 24.3 Å². The summed E-state index contributed by atoms with van der Waals surface area (Å²) >= 11 is 5.79. The molecule has 1 aromatic rings. The molecule has 148 valence electrons. The fourth-order valence-electron chi connectivity index (χ4n) is 2.52. The smallest absolute Gasteiger partial charge is 0.191 e. The highest BCUT2D eigenvalue weighted by Crippen LogP contribution is 2.16. The fourth-order valence-corrected chi connectivity index (χ4v) is 2.72. The standard InChI is InChI=1S/C18H27ClFN3O2.HI/c1-2-21-18(23-12-14-6-7-17(20)16(19)11-14)22-8-4-9-24-13-15-5-3-10-25-15;/h6-7,11,15H,2-5,8-10,12-13H2,1H3,(H2,21,22,23);1H. The maximum absolute atomic E-state index is 13.2. The lowest BCUT2D eigenvalue weighted by Crippen LogP contribution is -2.38. The van der Waals surface area contributed by atoms with Crippen LogP contribution in [-0.4, -0.2) is 45.0 Å². The molecule has 1 aliphatic heterocycles. The minimum atomic E-state index is -0.414. The summed E-state index contributed by atoms with van der Waals surface area (Å²) in [5, 5.41) is 6.57. The van der Waals surface area contributed by atoms with Crippen LogP contribution in [0.15, 0.2) is 23.2 Å². The predicted molar refractivity (Wildman–Crippen MR) is 114 cm³/mol. The molecular weight excluding hydrogens is 472 g/mol. The molecule has 2 rings (SSSR count). The monoisotopic (exact) mass is 499 g/mol. The Balaban J connectivity index is 0.00000338. The molecule has 0 saturated carbocycles. The summed E-state index contributed by atoms with van der Waals surface area (Å²) in [6.07, 6.45) is 3.40. The van der Waals surface area contributed by atoms with E-state index in [1.807, 2.05) is 6.92 Å². The molecule has 0 aromatic heterocycles. The topological polar surface area (TPSA) is 54.9 Å². The predicted octanol–water partition coefficient (Wildman–Crippen LogP) is 3.74. The Hall–Kier alpha value is -0.640. The van der Waals surface area contributed by atoms with Crippen molar-refractivity contribution in [1.29, 1.82) is 0 Å². The molecule has 1 atom stereocenters. The second-order valence-electron chi connectivity index (χ2n) is 5.93. The normalized spacial score (nSPS) is 17.0. The molecule has 1 heterocycles. The first-order valence-corrected chi connectivity index (χ1v) is 9.22. The number of hydrogen-bond donors (Lipinski definition) is 2. The summed E-state index contributed by atoms with van der Waals surface area (Å²) in [6.45, 7) is 6.21. The van der Waals surface area contributed by atoms with Crippen molar-refractivity contribution in [3.8, 4) is 0 Å². The zero-order valence-electron chi connectivity index (χ0n) is 15.1. The molecule has 0 amide bonds. The highest BCUT2D eigenvalue weighted by molar-refractivity contribution is 14.0. The molecule has 1 saturated heterocycles. The molecule has 1 aliphatic rings. The number of hydrogen-bond acceptors (Lipinski definition) is 3. The Labute approximate surface area is 177 Å². The van der Waals surface area contributed by atoms with Crippen LogP contribution in [0.5, 0.6) is 0 Å². The minimum Gasteiger partial charge on any atom is -0.379 e. The zero-order chi connectivity index (χ0) is 17.9. The first-order chi connectivity index (χ1) is 12.2. The third-order valence-corrected chi connectivity index (χ3v) is 4.12. The Bertz CT molecular complexity index is 557. The minimum absolute atomic E-state index is 0. The molecule has 0 radical (unpaired) electrons. The van der Waals surface area contributed by atoms with E-state index in [0.717, 1.165) is 50.5 Å². The molecule has 0 aliphatic carbocycles. The van der Waals surface area contributed by atoms with Gasteiger partial charge in [-0.2, -0.15) is 0 Å². The van der Waals surface area contributed by atoms with Crippen LogP contribution in [0.25, 0.3) is 0 Å². The van der Waals surface area contributed by atoms with Gasteiger partial charge in [-0.25, -0.2) is 9.38 Å². The van der Waals surface area contributed by atoms with E-state index >= 15 is 0 Å². The van der Waals surface area contributed by atoms with Crippen molar-refractivity contribution >= 4 is 41.5 Å². The van der Waals surface area contributed by atoms with Crippen LogP contribution in [0, 0.1) is 5.82 Å². The van der Waals surface area contributed by atoms with E-state index in [0.29, 0.717) is 19.8 Å². The summed E-state index contributed by atoms with van der Waals surface area (Å²) in [5.74, 6) is 0.310. The van der Waals surface area contributed by atoms with Gasteiger partial charge in [0.1, 0.15) is 5.82 Å². The van der Waals surface area contributed by atoms with Crippen molar-refractivity contribution in [2.24, 2.45) is 4.99 Å². The second kappa shape index (κ2) is 13.5. The van der Waals surface area contributed by atoms with Crippen molar-refractivity contribution in [3.05, 3.63) is 34.6 Å². The summed E-state index contributed by atoms with van der Waals surface area (Å²) in [4.78, 5) is 4.49. The number of ether oxygens (including phenoxy) is 2. The van der Waals surface area contributed by atoms with Gasteiger partial charge in [0, 0.05) is 26.3 Å². The molecule has 1 fully saturated rings. The molecule has 5 nitrogen and oxygen atoms in total. The maximum atomic E-state index is 13.2. The van der Waals surface area contributed by atoms with E-state index in [-0.39, 0.29) is 35.1 Å². The molecule has 2 N–H and O–H groups in total. The molecular formula is C18H28ClFIN3O2. The molecule has 0 spiro atoms. The number of benzene rings is 1. The van der Waals surface area contributed by atoms with Crippen molar-refractivity contribution < 1.29 is 13.9 Å². The Morgan fingerprint density at radius 2 is 2.27 bits per heavy atom. The Morgan fingerprint density at radius 3 is 2.96 bits per heavy atom. The first-order valence-electron chi connectivity index (χ1n) is 8.84. The Kier molecular flexibility index (Phi) is 12.2. The lowest BCUT2D eigenvalue weighted by Gasteiger charge is -2.12. The van der Waals surface area contributed by atoms with Crippen molar-refractivity contribution in [1.82, 2.24) is 10.6 Å². The van der Waals surface area contributed by atoms with Gasteiger partial charge in [-0.05, 0) is 43.9 Å². The molecule has 1 aromatic carbocycles. The van der Waals surface area contributed by atoms with Gasteiger partial charge in [-0.1, -0.05) is 17.7 Å². The SMILES string of the molecule is CCNC(=NCc1ccc(F)c(Cl)c1)NCCCOCC1CCCO1.I. The third kappa shape index (κ3) is 8.83. The largest absolute Gasteiger partial charge is 0.379 e. The number of guanidine groups is 1. The van der Waals surface area contributed by atoms with Crippen molar-refractivity contribution in [2.45, 2.75) is 38.8 Å². The second-order valence-corrected chi connectivity index (χ2v) is 6.34. The molecule has 8 heteroatoms. The summed E-state index contributed by atoms with van der Waals surface area (Å²) in [6, 6.07) is 4.65. The van der Waals surface area contributed by atoms with Crippen molar-refractivity contribution in [3.63, 3.8) is 0 Å². The highest BCUT2D eigenvalue weighted by atomic mass is 127. The van der Waals surface area contributed by atoms with E-state index in [1.165, 1.54) is 6.07 Å². The van der Waals surface area contributed by atoms with Gasteiger partial charge in [0.2, 0.25) is 0 Å². The van der Waals surface area contributed by atoms with Crippen LogP contribution < -0.4 is 10.6 Å². The summed E-state index contributed by atoms with van der Waals surface area (Å²) in [5.41, 5.74) is 0.864. The highest BCUT2D eigenvalue weighted by Gasteiger charge is 2.14. The van der Waals surface area contributed by atoms with Crippen LogP contribution in [-0.2, 0) is 16.0 Å². The maximum Gasteiger partial charge on any atom is 0.191 e. The number of nitrogens with one attached hydrogen (secondary N) is 2. The van der Waals surface area contributed by atoms with Crippen LogP contribution in [0.1, 0.15) is 31.7 Å². The van der Waals surface area contributed by atoms with Gasteiger partial charge in [0.15, 0.2) is 5.96 Å². The van der Waals surface area contributed by atoms with E-state index in [9.17, 15) is 4.39 Å². The number of aliphatic imine (C=N–C) groups is 1. The van der Waals surface area contributed by atoms with Crippen LogP contribution in [0.3, 0.4) is 0 Å². The van der Waals surface area contributed by atoms with Crippen LogP contribution in [0.2, 0.25) is 5.02 Å². The van der Waals surface area contributed by atoms with E-state index < -0.39 is 5.82 Å².